The van der Waals surface area contributed by atoms with Gasteiger partial charge in [0.2, 0.25) is 0 Å². The van der Waals surface area contributed by atoms with Crippen molar-refractivity contribution in [3.05, 3.63) is 107 Å². The molecule has 2 heteroatoms. The number of hydrogen-bond acceptors (Lipinski definition) is 2. The van der Waals surface area contributed by atoms with Gasteiger partial charge in [0.05, 0.1) is 22.7 Å². The Morgan fingerprint density at radius 1 is 0.400 bits per heavy atom. The minimum absolute atomic E-state index is 1.19. The van der Waals surface area contributed by atoms with Crippen molar-refractivity contribution < 1.29 is 0 Å². The Hall–Kier alpha value is -3.52. The first-order chi connectivity index (χ1) is 14.5. The van der Waals surface area contributed by atoms with E-state index < -0.39 is 0 Å². The third-order valence-corrected chi connectivity index (χ3v) is 5.75. The third kappa shape index (κ3) is 3.05. The highest BCUT2D eigenvalue weighted by Gasteiger charge is 2.30. The van der Waals surface area contributed by atoms with Crippen molar-refractivity contribution in [3.63, 3.8) is 0 Å². The average molecular weight is 391 g/mol. The highest BCUT2D eigenvalue weighted by Crippen LogP contribution is 2.54. The lowest BCUT2D eigenvalue weighted by Crippen LogP contribution is -2.24. The van der Waals surface area contributed by atoms with Gasteiger partial charge in [0.25, 0.3) is 0 Å². The van der Waals surface area contributed by atoms with E-state index in [0.29, 0.717) is 0 Å². The molecule has 0 atom stereocenters. The Morgan fingerprint density at radius 3 is 1.20 bits per heavy atom. The van der Waals surface area contributed by atoms with E-state index in [4.69, 9.17) is 0 Å². The van der Waals surface area contributed by atoms with E-state index >= 15 is 0 Å². The number of aryl methyl sites for hydroxylation is 4. The summed E-state index contributed by atoms with van der Waals surface area (Å²) >= 11 is 0. The second-order valence-corrected chi connectivity index (χ2v) is 8.33. The molecule has 0 aromatic heterocycles. The minimum atomic E-state index is 1.19. The van der Waals surface area contributed by atoms with E-state index in [1.54, 1.807) is 0 Å². The van der Waals surface area contributed by atoms with E-state index in [0.717, 1.165) is 0 Å². The van der Waals surface area contributed by atoms with Crippen molar-refractivity contribution in [2.24, 2.45) is 0 Å². The van der Waals surface area contributed by atoms with Crippen LogP contribution in [0.1, 0.15) is 22.3 Å². The first-order valence-corrected chi connectivity index (χ1v) is 10.5. The third-order valence-electron chi connectivity index (χ3n) is 5.75. The van der Waals surface area contributed by atoms with Crippen molar-refractivity contribution in [3.8, 4) is 0 Å². The SMILES string of the molecule is Cc1cccc(N2c3ccc(C)cc3N(c3cccc(C)c3)c3ccc(C)cc32)c1. The second-order valence-electron chi connectivity index (χ2n) is 8.33. The lowest BCUT2D eigenvalue weighted by atomic mass is 10.0. The van der Waals surface area contributed by atoms with E-state index in [1.807, 2.05) is 0 Å². The van der Waals surface area contributed by atoms with Crippen LogP contribution in [0.15, 0.2) is 84.9 Å². The van der Waals surface area contributed by atoms with Crippen LogP contribution in [0.3, 0.4) is 0 Å². The van der Waals surface area contributed by atoms with Crippen LogP contribution in [0, 0.1) is 27.7 Å². The van der Waals surface area contributed by atoms with Gasteiger partial charge in [-0.3, -0.25) is 0 Å². The molecule has 30 heavy (non-hydrogen) atoms. The van der Waals surface area contributed by atoms with Crippen molar-refractivity contribution in [2.75, 3.05) is 9.80 Å². The molecule has 0 unspecified atom stereocenters. The molecule has 0 saturated carbocycles. The highest BCUT2D eigenvalue weighted by molar-refractivity contribution is 6.01. The molecule has 0 N–H and O–H groups in total. The number of anilines is 6. The molecular formula is C28H26N2. The van der Waals surface area contributed by atoms with Gasteiger partial charge in [-0.15, -0.1) is 0 Å². The molecule has 0 aliphatic carbocycles. The van der Waals surface area contributed by atoms with Gasteiger partial charge in [0, 0.05) is 11.4 Å². The van der Waals surface area contributed by atoms with Crippen LogP contribution in [0.25, 0.3) is 0 Å². The summed E-state index contributed by atoms with van der Waals surface area (Å²) in [4.78, 5) is 4.80. The number of fused-ring (bicyclic) bond motifs is 2. The summed E-state index contributed by atoms with van der Waals surface area (Å²) in [5.41, 5.74) is 12.2. The monoisotopic (exact) mass is 390 g/mol. The summed E-state index contributed by atoms with van der Waals surface area (Å²) in [6.45, 7) is 8.63. The quantitative estimate of drug-likeness (QED) is 0.300. The van der Waals surface area contributed by atoms with Crippen LogP contribution in [-0.4, -0.2) is 0 Å². The topological polar surface area (TPSA) is 6.48 Å². The summed E-state index contributed by atoms with van der Waals surface area (Å²) < 4.78 is 0. The standard InChI is InChI=1S/C28H26N2/c1-19-7-5-9-23(15-19)29-25-13-11-22(4)18-28(25)30(24-10-6-8-20(2)16-24)26-14-12-21(3)17-27(26)29/h5-18H,1-4H3. The van der Waals surface area contributed by atoms with Crippen LogP contribution in [0.2, 0.25) is 0 Å². The van der Waals surface area contributed by atoms with Gasteiger partial charge in [-0.1, -0.05) is 36.4 Å². The van der Waals surface area contributed by atoms with Crippen LogP contribution < -0.4 is 9.80 Å². The molecule has 0 fully saturated rings. The fraction of sp³-hybridized carbons (Fsp3) is 0.143. The lowest BCUT2D eigenvalue weighted by molar-refractivity contribution is 1.15. The summed E-state index contributed by atoms with van der Waals surface area (Å²) in [6.07, 6.45) is 0. The fourth-order valence-corrected chi connectivity index (χ4v) is 4.35. The molecule has 1 aliphatic heterocycles. The van der Waals surface area contributed by atoms with Crippen molar-refractivity contribution in [1.29, 1.82) is 0 Å². The summed E-state index contributed by atoms with van der Waals surface area (Å²) in [7, 11) is 0. The molecule has 1 aliphatic rings. The molecule has 4 aromatic carbocycles. The van der Waals surface area contributed by atoms with Gasteiger partial charge in [0.1, 0.15) is 0 Å². The number of hydrogen-bond donors (Lipinski definition) is 0. The average Bonchev–Trinajstić information content (AvgIpc) is 2.72. The Balaban J connectivity index is 1.83. The van der Waals surface area contributed by atoms with Gasteiger partial charge >= 0.3 is 0 Å². The molecule has 4 aromatic rings. The largest absolute Gasteiger partial charge is 0.306 e. The molecule has 0 saturated heterocycles. The van der Waals surface area contributed by atoms with E-state index in [-0.39, 0.29) is 0 Å². The molecule has 2 nitrogen and oxygen atoms in total. The summed E-state index contributed by atoms with van der Waals surface area (Å²) in [5, 5.41) is 0. The van der Waals surface area contributed by atoms with Gasteiger partial charge < -0.3 is 9.80 Å². The first kappa shape index (κ1) is 18.5. The molecule has 0 spiro atoms. The zero-order valence-corrected chi connectivity index (χ0v) is 18.0. The molecular weight excluding hydrogens is 364 g/mol. The predicted molar refractivity (Wildman–Crippen MR) is 128 cm³/mol. The molecule has 0 bridgehead atoms. The van der Waals surface area contributed by atoms with Crippen molar-refractivity contribution in [1.82, 2.24) is 0 Å². The Morgan fingerprint density at radius 2 is 0.800 bits per heavy atom. The van der Waals surface area contributed by atoms with Gasteiger partial charge in [-0.25, -0.2) is 0 Å². The van der Waals surface area contributed by atoms with Crippen molar-refractivity contribution in [2.45, 2.75) is 27.7 Å². The maximum Gasteiger partial charge on any atom is 0.0705 e. The van der Waals surface area contributed by atoms with Crippen molar-refractivity contribution >= 4 is 34.1 Å². The van der Waals surface area contributed by atoms with Gasteiger partial charge in [0.15, 0.2) is 0 Å². The van der Waals surface area contributed by atoms with Crippen LogP contribution >= 0.6 is 0 Å². The minimum Gasteiger partial charge on any atom is -0.306 e. The fourth-order valence-electron chi connectivity index (χ4n) is 4.35. The van der Waals surface area contributed by atoms with E-state index in [2.05, 4.69) is 122 Å². The number of benzene rings is 4. The highest BCUT2D eigenvalue weighted by atomic mass is 15.3. The zero-order chi connectivity index (χ0) is 20.8. The first-order valence-electron chi connectivity index (χ1n) is 10.5. The Bertz CT molecular complexity index is 1160. The van der Waals surface area contributed by atoms with E-state index in [1.165, 1.54) is 56.4 Å². The molecule has 5 rings (SSSR count). The second kappa shape index (κ2) is 7.07. The molecule has 148 valence electrons. The Kier molecular flexibility index (Phi) is 4.36. The summed E-state index contributed by atoms with van der Waals surface area (Å²) in [6, 6.07) is 31.0. The number of rotatable bonds is 2. The van der Waals surface area contributed by atoms with Crippen LogP contribution in [-0.2, 0) is 0 Å². The van der Waals surface area contributed by atoms with E-state index in [9.17, 15) is 0 Å². The van der Waals surface area contributed by atoms with Gasteiger partial charge in [-0.05, 0) is 98.5 Å². The zero-order valence-electron chi connectivity index (χ0n) is 18.0. The molecule has 0 radical (unpaired) electrons. The summed E-state index contributed by atoms with van der Waals surface area (Å²) in [5.74, 6) is 0. The lowest BCUT2D eigenvalue weighted by Gasteiger charge is -2.41. The maximum absolute atomic E-state index is 2.40. The Labute approximate surface area is 179 Å². The molecule has 1 heterocycles. The normalized spacial score (nSPS) is 12.5. The maximum atomic E-state index is 2.40. The smallest absolute Gasteiger partial charge is 0.0705 e. The van der Waals surface area contributed by atoms with Gasteiger partial charge in [-0.2, -0.15) is 0 Å². The predicted octanol–water partition coefficient (Wildman–Crippen LogP) is 8.17. The van der Waals surface area contributed by atoms with Crippen LogP contribution in [0.5, 0.6) is 0 Å². The van der Waals surface area contributed by atoms with Crippen LogP contribution in [0.4, 0.5) is 34.1 Å². The number of nitrogens with zero attached hydrogens (tertiary/aromatic N) is 2. The molecule has 0 amide bonds.